The topological polar surface area (TPSA) is 67.6 Å². The summed E-state index contributed by atoms with van der Waals surface area (Å²) in [5.74, 6) is 1.31. The number of fused-ring (bicyclic) bond motifs is 1. The maximum atomic E-state index is 13.0. The number of aromatic nitrogens is 2. The minimum atomic E-state index is -0.498. The molecule has 28 heavy (non-hydrogen) atoms. The van der Waals surface area contributed by atoms with Crippen LogP contribution in [-0.4, -0.2) is 51.3 Å². The van der Waals surface area contributed by atoms with Gasteiger partial charge in [0.2, 0.25) is 5.91 Å². The number of carbonyl (C=O) groups excluding carboxylic acids is 1. The van der Waals surface area contributed by atoms with Crippen LogP contribution in [0.3, 0.4) is 0 Å². The Labute approximate surface area is 165 Å². The summed E-state index contributed by atoms with van der Waals surface area (Å²) in [4.78, 5) is 19.1. The maximum absolute atomic E-state index is 13.0. The van der Waals surface area contributed by atoms with Crippen molar-refractivity contribution >= 4 is 12.0 Å². The molecule has 0 aliphatic carbocycles. The molecule has 3 atom stereocenters. The van der Waals surface area contributed by atoms with Crippen LogP contribution in [0.4, 0.5) is 0 Å². The Morgan fingerprint density at radius 2 is 2.18 bits per heavy atom. The second-order valence-corrected chi connectivity index (χ2v) is 7.99. The molecule has 1 N–H and O–H groups in total. The van der Waals surface area contributed by atoms with Crippen LogP contribution in [0.2, 0.25) is 0 Å². The van der Waals surface area contributed by atoms with Gasteiger partial charge in [0.25, 0.3) is 0 Å². The van der Waals surface area contributed by atoms with Gasteiger partial charge in [-0.15, -0.1) is 0 Å². The van der Waals surface area contributed by atoms with Gasteiger partial charge in [-0.05, 0) is 49.5 Å². The number of aliphatic hydroxyl groups excluding tert-OH is 1. The number of aliphatic hydroxyl groups is 1. The van der Waals surface area contributed by atoms with E-state index in [0.717, 1.165) is 36.3 Å². The molecule has 4 rings (SSSR count). The van der Waals surface area contributed by atoms with Crippen molar-refractivity contribution in [2.75, 3.05) is 13.7 Å². The molecule has 0 spiro atoms. The first-order chi connectivity index (χ1) is 13.5. The maximum Gasteiger partial charge on any atom is 0.250 e. The third-order valence-electron chi connectivity index (χ3n) is 5.85. The summed E-state index contributed by atoms with van der Waals surface area (Å²) in [5.41, 5.74) is 3.37. The fourth-order valence-corrected chi connectivity index (χ4v) is 4.30. The van der Waals surface area contributed by atoms with E-state index in [9.17, 15) is 9.90 Å². The van der Waals surface area contributed by atoms with Crippen molar-refractivity contribution in [1.29, 1.82) is 0 Å². The van der Waals surface area contributed by atoms with Crippen LogP contribution >= 0.6 is 0 Å². The number of carbonyl (C=O) groups is 1. The summed E-state index contributed by atoms with van der Waals surface area (Å²) in [5, 5.41) is 10.6. The van der Waals surface area contributed by atoms with Crippen molar-refractivity contribution in [1.82, 2.24) is 14.5 Å². The highest BCUT2D eigenvalue weighted by molar-refractivity contribution is 5.99. The number of methoxy groups -OCH3 is 1. The third kappa shape index (κ3) is 3.44. The van der Waals surface area contributed by atoms with Crippen LogP contribution in [0.1, 0.15) is 37.4 Å². The summed E-state index contributed by atoms with van der Waals surface area (Å²) < 4.78 is 7.48. The van der Waals surface area contributed by atoms with E-state index in [1.807, 2.05) is 46.9 Å². The number of amides is 1. The van der Waals surface area contributed by atoms with Gasteiger partial charge in [-0.2, -0.15) is 0 Å². The largest absolute Gasteiger partial charge is 0.495 e. The van der Waals surface area contributed by atoms with Crippen LogP contribution in [0.15, 0.2) is 36.3 Å². The predicted octanol–water partition coefficient (Wildman–Crippen LogP) is 2.96. The zero-order chi connectivity index (χ0) is 19.8. The van der Waals surface area contributed by atoms with Crippen molar-refractivity contribution in [3.8, 4) is 11.4 Å². The molecule has 3 heterocycles. The molecule has 2 saturated heterocycles. The summed E-state index contributed by atoms with van der Waals surface area (Å²) in [7, 11) is 1.63. The molecule has 2 aliphatic heterocycles. The molecule has 148 valence electrons. The zero-order valence-electron chi connectivity index (χ0n) is 16.6. The number of nitrogens with zero attached hydrogens (tertiary/aromatic N) is 3. The lowest BCUT2D eigenvalue weighted by molar-refractivity contribution is -0.138. The lowest BCUT2D eigenvalue weighted by Crippen LogP contribution is -2.55. The highest BCUT2D eigenvalue weighted by atomic mass is 16.5. The van der Waals surface area contributed by atoms with Gasteiger partial charge < -0.3 is 19.3 Å². The van der Waals surface area contributed by atoms with E-state index in [1.165, 1.54) is 0 Å². The second kappa shape index (κ2) is 7.43. The minimum absolute atomic E-state index is 0.0465. The Morgan fingerprint density at radius 1 is 1.36 bits per heavy atom. The fourth-order valence-electron chi connectivity index (χ4n) is 4.30. The monoisotopic (exact) mass is 381 g/mol. The smallest absolute Gasteiger partial charge is 0.250 e. The Bertz CT molecular complexity index is 918. The van der Waals surface area contributed by atoms with E-state index >= 15 is 0 Å². The number of ether oxygens (including phenoxy) is 1. The highest BCUT2D eigenvalue weighted by Crippen LogP contribution is 2.34. The SMILES string of the molecule is COc1cc(C=C2CC(O)C3CC(C)CCN3C2=O)ccc1-n1cnc(C)c1. The standard InChI is InChI=1S/C22H27N3O3/c1-14-6-7-25-19(8-14)20(26)11-17(22(25)27)9-16-4-5-18(21(10-16)28-3)24-12-15(2)23-13-24/h4-5,9-10,12-14,19-20,26H,6-8,11H2,1-3H3. The Balaban J connectivity index is 1.62. The van der Waals surface area contributed by atoms with Crippen LogP contribution in [0, 0.1) is 12.8 Å². The first kappa shape index (κ1) is 18.7. The fraction of sp³-hybridized carbons (Fsp3) is 0.455. The van der Waals surface area contributed by atoms with Crippen molar-refractivity contribution in [2.24, 2.45) is 5.92 Å². The molecule has 2 fully saturated rings. The van der Waals surface area contributed by atoms with E-state index in [-0.39, 0.29) is 11.9 Å². The second-order valence-electron chi connectivity index (χ2n) is 7.99. The van der Waals surface area contributed by atoms with Gasteiger partial charge in [-0.25, -0.2) is 4.98 Å². The van der Waals surface area contributed by atoms with Gasteiger partial charge in [0.05, 0.1) is 37.0 Å². The Hall–Kier alpha value is -2.60. The average molecular weight is 381 g/mol. The Morgan fingerprint density at radius 3 is 2.89 bits per heavy atom. The molecule has 6 heteroatoms. The van der Waals surface area contributed by atoms with Gasteiger partial charge in [-0.1, -0.05) is 13.0 Å². The minimum Gasteiger partial charge on any atom is -0.495 e. The number of rotatable bonds is 3. The van der Waals surface area contributed by atoms with Gasteiger partial charge in [-0.3, -0.25) is 4.79 Å². The predicted molar refractivity (Wildman–Crippen MR) is 107 cm³/mol. The third-order valence-corrected chi connectivity index (χ3v) is 5.85. The molecule has 0 bridgehead atoms. The molecular formula is C22H27N3O3. The molecule has 1 aromatic heterocycles. The summed E-state index contributed by atoms with van der Waals surface area (Å²) >= 11 is 0. The van der Waals surface area contributed by atoms with Gasteiger partial charge in [0.1, 0.15) is 5.75 Å². The summed E-state index contributed by atoms with van der Waals surface area (Å²) in [6.45, 7) is 4.85. The Kier molecular flexibility index (Phi) is 4.98. The first-order valence-electron chi connectivity index (χ1n) is 9.85. The van der Waals surface area contributed by atoms with Crippen LogP contribution in [0.5, 0.6) is 5.75 Å². The number of hydrogen-bond donors (Lipinski definition) is 1. The molecule has 6 nitrogen and oxygen atoms in total. The van der Waals surface area contributed by atoms with E-state index in [1.54, 1.807) is 13.4 Å². The molecule has 0 saturated carbocycles. The molecule has 1 amide bonds. The van der Waals surface area contributed by atoms with Crippen LogP contribution in [-0.2, 0) is 4.79 Å². The van der Waals surface area contributed by atoms with Crippen LogP contribution < -0.4 is 4.74 Å². The molecule has 3 unspecified atom stereocenters. The quantitative estimate of drug-likeness (QED) is 0.830. The van der Waals surface area contributed by atoms with Crippen molar-refractivity contribution in [3.63, 3.8) is 0 Å². The molecule has 2 aromatic rings. The van der Waals surface area contributed by atoms with Gasteiger partial charge >= 0.3 is 0 Å². The zero-order valence-corrected chi connectivity index (χ0v) is 16.6. The summed E-state index contributed by atoms with van der Waals surface area (Å²) in [6.07, 6.45) is 7.35. The number of piperidine rings is 2. The summed E-state index contributed by atoms with van der Waals surface area (Å²) in [6, 6.07) is 5.79. The van der Waals surface area contributed by atoms with Crippen LogP contribution in [0.25, 0.3) is 11.8 Å². The normalized spacial score (nSPS) is 26.4. The average Bonchev–Trinajstić information content (AvgIpc) is 3.12. The van der Waals surface area contributed by atoms with E-state index in [2.05, 4.69) is 11.9 Å². The lowest BCUT2D eigenvalue weighted by Gasteiger charge is -2.44. The van der Waals surface area contributed by atoms with Crippen molar-refractivity contribution < 1.29 is 14.6 Å². The first-order valence-corrected chi connectivity index (χ1v) is 9.85. The van der Waals surface area contributed by atoms with E-state index in [0.29, 0.717) is 23.7 Å². The number of imidazole rings is 1. The van der Waals surface area contributed by atoms with Gasteiger partial charge in [0, 0.05) is 24.7 Å². The highest BCUT2D eigenvalue weighted by Gasteiger charge is 2.40. The number of benzene rings is 1. The lowest BCUT2D eigenvalue weighted by atomic mass is 9.83. The molecule has 2 aliphatic rings. The van der Waals surface area contributed by atoms with Crippen molar-refractivity contribution in [3.05, 3.63) is 47.6 Å². The van der Waals surface area contributed by atoms with E-state index in [4.69, 9.17) is 4.74 Å². The number of hydrogen-bond acceptors (Lipinski definition) is 4. The van der Waals surface area contributed by atoms with E-state index < -0.39 is 6.10 Å². The number of aryl methyl sites for hydroxylation is 1. The van der Waals surface area contributed by atoms with Gasteiger partial charge in [0.15, 0.2) is 0 Å². The molecular weight excluding hydrogens is 354 g/mol. The molecule has 1 aromatic carbocycles. The van der Waals surface area contributed by atoms with Crippen molar-refractivity contribution in [2.45, 2.75) is 45.3 Å². The molecule has 0 radical (unpaired) electrons.